The lowest BCUT2D eigenvalue weighted by molar-refractivity contribution is -0.124. The summed E-state index contributed by atoms with van der Waals surface area (Å²) in [5.41, 5.74) is 0. The number of hydrogen-bond acceptors (Lipinski definition) is 4. The third-order valence-corrected chi connectivity index (χ3v) is 15.9. The van der Waals surface area contributed by atoms with Gasteiger partial charge < -0.3 is 20.6 Å². The molecule has 0 rings (SSSR count). The van der Waals surface area contributed by atoms with Gasteiger partial charge in [-0.05, 0) is 38.5 Å². The summed E-state index contributed by atoms with van der Waals surface area (Å²) in [6.45, 7) is 4.23. The molecule has 4 N–H and O–H groups in total. The van der Waals surface area contributed by atoms with Crippen LogP contribution in [0.1, 0.15) is 380 Å². The second-order valence-corrected chi connectivity index (χ2v) is 23.0. The van der Waals surface area contributed by atoms with E-state index in [-0.39, 0.29) is 12.5 Å². The van der Waals surface area contributed by atoms with Crippen LogP contribution in [-0.2, 0) is 4.79 Å². The fraction of sp³-hybridized carbons (Fsp3) is 0.955. The molecule has 5 nitrogen and oxygen atoms in total. The fourth-order valence-electron chi connectivity index (χ4n) is 10.8. The zero-order valence-electron chi connectivity index (χ0n) is 48.6. The predicted molar refractivity (Wildman–Crippen MR) is 315 cm³/mol. The molecule has 5 heteroatoms. The Balaban J connectivity index is 3.44. The Labute approximate surface area is 446 Å². The first-order valence-electron chi connectivity index (χ1n) is 33.0. The molecular weight excluding hydrogens is 871 g/mol. The molecule has 424 valence electrons. The Morgan fingerprint density at radius 2 is 0.563 bits per heavy atom. The number of rotatable bonds is 62. The Morgan fingerprint density at radius 3 is 0.817 bits per heavy atom. The van der Waals surface area contributed by atoms with E-state index in [1.165, 1.54) is 321 Å². The molecular formula is C66H131NO4. The van der Waals surface area contributed by atoms with Gasteiger partial charge in [0.05, 0.1) is 18.8 Å². The van der Waals surface area contributed by atoms with E-state index in [1.807, 2.05) is 0 Å². The number of aliphatic hydroxyl groups is 3. The van der Waals surface area contributed by atoms with Crippen molar-refractivity contribution in [2.75, 3.05) is 6.61 Å². The predicted octanol–water partition coefficient (Wildman–Crippen LogP) is 21.0. The van der Waals surface area contributed by atoms with Crippen molar-refractivity contribution in [3.05, 3.63) is 12.2 Å². The molecule has 0 aliphatic rings. The van der Waals surface area contributed by atoms with Gasteiger partial charge >= 0.3 is 0 Å². The first kappa shape index (κ1) is 70.1. The van der Waals surface area contributed by atoms with Crippen LogP contribution in [-0.4, -0.2) is 46.1 Å². The van der Waals surface area contributed by atoms with E-state index < -0.39 is 18.2 Å². The second kappa shape index (κ2) is 61.6. The van der Waals surface area contributed by atoms with Crippen molar-refractivity contribution < 1.29 is 20.1 Å². The summed E-state index contributed by atoms with van der Waals surface area (Å²) >= 11 is 0. The molecule has 0 radical (unpaired) electrons. The van der Waals surface area contributed by atoms with Crippen LogP contribution in [0.15, 0.2) is 12.2 Å². The number of allylic oxidation sites excluding steroid dienone is 2. The van der Waals surface area contributed by atoms with E-state index in [0.717, 1.165) is 32.1 Å². The number of aliphatic hydroxyl groups excluding tert-OH is 3. The molecule has 0 aromatic carbocycles. The molecule has 1 amide bonds. The summed E-state index contributed by atoms with van der Waals surface area (Å²) in [4.78, 5) is 12.6. The van der Waals surface area contributed by atoms with Gasteiger partial charge in [0, 0.05) is 6.42 Å². The molecule has 0 bridgehead atoms. The highest BCUT2D eigenvalue weighted by Crippen LogP contribution is 2.19. The van der Waals surface area contributed by atoms with E-state index in [0.29, 0.717) is 12.8 Å². The molecule has 0 aromatic rings. The van der Waals surface area contributed by atoms with Crippen LogP contribution in [0.2, 0.25) is 0 Å². The molecule has 71 heavy (non-hydrogen) atoms. The van der Waals surface area contributed by atoms with Gasteiger partial charge in [-0.2, -0.15) is 0 Å². The minimum Gasteiger partial charge on any atom is -0.394 e. The molecule has 3 unspecified atom stereocenters. The van der Waals surface area contributed by atoms with Gasteiger partial charge in [0.1, 0.15) is 6.10 Å². The number of carbonyl (C=O) groups is 1. The Kier molecular flexibility index (Phi) is 60.8. The second-order valence-electron chi connectivity index (χ2n) is 23.0. The van der Waals surface area contributed by atoms with Gasteiger partial charge in [-0.3, -0.25) is 4.79 Å². The van der Waals surface area contributed by atoms with Gasteiger partial charge in [0.2, 0.25) is 5.91 Å². The molecule has 0 saturated carbocycles. The number of hydrogen-bond donors (Lipinski definition) is 4. The van der Waals surface area contributed by atoms with Crippen LogP contribution in [0.5, 0.6) is 0 Å². The average molecular weight is 1000 g/mol. The van der Waals surface area contributed by atoms with E-state index in [9.17, 15) is 20.1 Å². The molecule has 0 aromatic heterocycles. The summed E-state index contributed by atoms with van der Waals surface area (Å²) < 4.78 is 0. The highest BCUT2D eigenvalue weighted by molar-refractivity contribution is 5.76. The normalized spacial score (nSPS) is 13.1. The van der Waals surface area contributed by atoms with E-state index in [1.54, 1.807) is 0 Å². The summed E-state index contributed by atoms with van der Waals surface area (Å²) in [5, 5.41) is 33.9. The molecule has 3 atom stereocenters. The molecule has 0 aliphatic heterocycles. The third-order valence-electron chi connectivity index (χ3n) is 15.9. The lowest BCUT2D eigenvalue weighted by Crippen LogP contribution is -2.50. The monoisotopic (exact) mass is 1000 g/mol. The Hall–Kier alpha value is -0.910. The largest absolute Gasteiger partial charge is 0.394 e. The quantitative estimate of drug-likeness (QED) is 0.0361. The minimum atomic E-state index is -1.13. The Bertz CT molecular complexity index is 1020. The maximum absolute atomic E-state index is 12.6. The van der Waals surface area contributed by atoms with Crippen molar-refractivity contribution in [2.24, 2.45) is 0 Å². The van der Waals surface area contributed by atoms with Gasteiger partial charge in [0.25, 0.3) is 0 Å². The zero-order valence-corrected chi connectivity index (χ0v) is 48.6. The third kappa shape index (κ3) is 56.7. The summed E-state index contributed by atoms with van der Waals surface area (Å²) in [5.74, 6) is -0.136. The molecule has 0 fully saturated rings. The zero-order chi connectivity index (χ0) is 51.4. The number of nitrogens with one attached hydrogen (secondary N) is 1. The molecule has 0 aliphatic carbocycles. The first-order valence-corrected chi connectivity index (χ1v) is 33.0. The van der Waals surface area contributed by atoms with E-state index >= 15 is 0 Å². The van der Waals surface area contributed by atoms with Crippen LogP contribution >= 0.6 is 0 Å². The van der Waals surface area contributed by atoms with Gasteiger partial charge in [0.15, 0.2) is 0 Å². The van der Waals surface area contributed by atoms with Crippen molar-refractivity contribution in [3.8, 4) is 0 Å². The number of unbranched alkanes of at least 4 members (excludes halogenated alkanes) is 52. The lowest BCUT2D eigenvalue weighted by Gasteiger charge is -2.26. The van der Waals surface area contributed by atoms with Gasteiger partial charge in [-0.1, -0.05) is 347 Å². The summed E-state index contributed by atoms with van der Waals surface area (Å²) in [7, 11) is 0. The molecule has 0 saturated heterocycles. The highest BCUT2D eigenvalue weighted by atomic mass is 16.3. The number of amides is 1. The topological polar surface area (TPSA) is 89.8 Å². The van der Waals surface area contributed by atoms with Crippen LogP contribution in [0, 0.1) is 0 Å². The fourth-order valence-corrected chi connectivity index (χ4v) is 10.8. The van der Waals surface area contributed by atoms with Crippen molar-refractivity contribution in [2.45, 2.75) is 398 Å². The van der Waals surface area contributed by atoms with Crippen LogP contribution in [0.3, 0.4) is 0 Å². The van der Waals surface area contributed by atoms with E-state index in [4.69, 9.17) is 0 Å². The maximum atomic E-state index is 12.6. The Morgan fingerprint density at radius 1 is 0.338 bits per heavy atom. The van der Waals surface area contributed by atoms with Gasteiger partial charge in [-0.25, -0.2) is 0 Å². The van der Waals surface area contributed by atoms with Gasteiger partial charge in [-0.15, -0.1) is 0 Å². The molecule has 0 heterocycles. The average Bonchev–Trinajstić information content (AvgIpc) is 3.37. The standard InChI is InChI=1S/C66H131NO4/c1-3-5-7-9-11-13-15-17-19-21-23-25-26-27-28-29-30-31-32-33-34-35-36-37-38-39-40-41-43-45-47-49-51-53-55-57-59-61-65(70)67-63(62-68)66(71)64(69)60-58-56-54-52-50-48-46-44-42-24-22-20-18-16-14-12-10-8-6-4-2/h31-32,63-64,66,68-69,71H,3-30,33-62H2,1-2H3,(H,67,70)/b32-31-. The summed E-state index contributed by atoms with van der Waals surface area (Å²) in [6.07, 6.45) is 78.4. The van der Waals surface area contributed by atoms with Crippen LogP contribution in [0.25, 0.3) is 0 Å². The minimum absolute atomic E-state index is 0.136. The smallest absolute Gasteiger partial charge is 0.220 e. The van der Waals surface area contributed by atoms with Crippen LogP contribution in [0.4, 0.5) is 0 Å². The SMILES string of the molecule is CCCCCCCCCCCCCCCCCC/C=C\CCCCCCCCCCCCCCCCCCCC(=O)NC(CO)C(O)C(O)CCCCCCCCCCCCCCCCCCCCCC. The van der Waals surface area contributed by atoms with E-state index in [2.05, 4.69) is 31.3 Å². The number of carbonyl (C=O) groups excluding carboxylic acids is 1. The van der Waals surface area contributed by atoms with Crippen molar-refractivity contribution in [1.29, 1.82) is 0 Å². The molecule has 0 spiro atoms. The van der Waals surface area contributed by atoms with Crippen molar-refractivity contribution in [3.63, 3.8) is 0 Å². The lowest BCUT2D eigenvalue weighted by atomic mass is 9.99. The first-order chi connectivity index (χ1) is 35.1. The summed E-state index contributed by atoms with van der Waals surface area (Å²) in [6, 6.07) is -0.807. The van der Waals surface area contributed by atoms with Crippen molar-refractivity contribution >= 4 is 5.91 Å². The van der Waals surface area contributed by atoms with Crippen molar-refractivity contribution in [1.82, 2.24) is 5.32 Å². The maximum Gasteiger partial charge on any atom is 0.220 e. The van der Waals surface area contributed by atoms with Crippen LogP contribution < -0.4 is 5.32 Å². The highest BCUT2D eigenvalue weighted by Gasteiger charge is 2.26.